The Morgan fingerprint density at radius 2 is 2.24 bits per heavy atom. The van der Waals surface area contributed by atoms with Crippen LogP contribution in [-0.4, -0.2) is 60.5 Å². The summed E-state index contributed by atoms with van der Waals surface area (Å²) in [6.45, 7) is 5.78. The Bertz CT molecular complexity index is 1200. The first kappa shape index (κ1) is 22.8. The number of ether oxygens (including phenoxy) is 4. The van der Waals surface area contributed by atoms with Crippen LogP contribution in [0.2, 0.25) is 0 Å². The minimum Gasteiger partial charge on any atom is -0.493 e. The molecule has 9 heteroatoms. The second-order valence-electron chi connectivity index (χ2n) is 8.91. The van der Waals surface area contributed by atoms with Crippen LogP contribution >= 0.6 is 0 Å². The van der Waals surface area contributed by atoms with E-state index in [1.54, 1.807) is 13.3 Å². The Morgan fingerprint density at radius 1 is 1.35 bits per heavy atom. The SMILES string of the molecule is COC(C)CCOc1cc(-c2c[nH]c3cnc(NC(C)=O)cc23)nc2c1CCOC21CCOC1. The van der Waals surface area contributed by atoms with Gasteiger partial charge in [-0.2, -0.15) is 0 Å². The molecule has 5 heterocycles. The van der Waals surface area contributed by atoms with Crippen molar-refractivity contribution in [1.29, 1.82) is 0 Å². The summed E-state index contributed by atoms with van der Waals surface area (Å²) >= 11 is 0. The van der Waals surface area contributed by atoms with Crippen molar-refractivity contribution in [1.82, 2.24) is 15.0 Å². The highest BCUT2D eigenvalue weighted by molar-refractivity contribution is 5.97. The van der Waals surface area contributed by atoms with Crippen molar-refractivity contribution in [2.24, 2.45) is 0 Å². The molecule has 0 saturated carbocycles. The van der Waals surface area contributed by atoms with Crippen LogP contribution in [0.15, 0.2) is 24.5 Å². The number of aromatic amines is 1. The first-order chi connectivity index (χ1) is 16.5. The van der Waals surface area contributed by atoms with Crippen molar-refractivity contribution in [3.05, 3.63) is 35.8 Å². The zero-order valence-electron chi connectivity index (χ0n) is 19.8. The average molecular weight is 467 g/mol. The molecule has 2 aliphatic heterocycles. The predicted octanol–water partition coefficient (Wildman–Crippen LogP) is 3.58. The Morgan fingerprint density at radius 3 is 3.00 bits per heavy atom. The van der Waals surface area contributed by atoms with Crippen molar-refractivity contribution in [3.8, 4) is 17.0 Å². The van der Waals surface area contributed by atoms with Crippen molar-refractivity contribution < 1.29 is 23.7 Å². The molecule has 5 rings (SSSR count). The molecule has 2 unspecified atom stereocenters. The number of carbonyl (C=O) groups excluding carboxylic acids is 1. The third-order valence-corrected chi connectivity index (χ3v) is 6.56. The zero-order chi connectivity index (χ0) is 23.7. The van der Waals surface area contributed by atoms with Crippen LogP contribution in [0.25, 0.3) is 22.2 Å². The van der Waals surface area contributed by atoms with E-state index >= 15 is 0 Å². The van der Waals surface area contributed by atoms with Crippen LogP contribution in [0.5, 0.6) is 5.75 Å². The van der Waals surface area contributed by atoms with Gasteiger partial charge in [-0.15, -0.1) is 0 Å². The fraction of sp³-hybridized carbons (Fsp3) is 0.480. The van der Waals surface area contributed by atoms with E-state index in [0.29, 0.717) is 32.2 Å². The summed E-state index contributed by atoms with van der Waals surface area (Å²) in [4.78, 5) is 24.2. The van der Waals surface area contributed by atoms with Crippen LogP contribution in [0.3, 0.4) is 0 Å². The van der Waals surface area contributed by atoms with Crippen LogP contribution in [0.1, 0.15) is 37.9 Å². The van der Waals surface area contributed by atoms with E-state index in [1.165, 1.54) is 6.92 Å². The summed E-state index contributed by atoms with van der Waals surface area (Å²) in [6, 6.07) is 3.86. The number of amides is 1. The van der Waals surface area contributed by atoms with Gasteiger partial charge < -0.3 is 29.2 Å². The Balaban J connectivity index is 1.60. The molecule has 2 atom stereocenters. The maximum Gasteiger partial charge on any atom is 0.222 e. The van der Waals surface area contributed by atoms with Gasteiger partial charge in [-0.3, -0.25) is 4.79 Å². The molecular formula is C25H30N4O5. The number of nitrogens with zero attached hydrogens (tertiary/aromatic N) is 2. The molecule has 9 nitrogen and oxygen atoms in total. The number of methoxy groups -OCH3 is 1. The normalized spacial score (nSPS) is 20.4. The zero-order valence-corrected chi connectivity index (χ0v) is 19.8. The average Bonchev–Trinajstić information content (AvgIpc) is 3.46. The van der Waals surface area contributed by atoms with E-state index in [-0.39, 0.29) is 12.0 Å². The van der Waals surface area contributed by atoms with Gasteiger partial charge in [-0.1, -0.05) is 0 Å². The van der Waals surface area contributed by atoms with Gasteiger partial charge in [0.25, 0.3) is 0 Å². The van der Waals surface area contributed by atoms with Gasteiger partial charge in [0.15, 0.2) is 0 Å². The number of anilines is 1. The number of pyridine rings is 2. The molecular weight excluding hydrogens is 436 g/mol. The topological polar surface area (TPSA) is 108 Å². The lowest BCUT2D eigenvalue weighted by molar-refractivity contribution is -0.114. The Hall–Kier alpha value is -3.01. The fourth-order valence-corrected chi connectivity index (χ4v) is 4.63. The summed E-state index contributed by atoms with van der Waals surface area (Å²) in [6.07, 6.45) is 6.03. The Labute approximate surface area is 198 Å². The highest BCUT2D eigenvalue weighted by atomic mass is 16.6. The van der Waals surface area contributed by atoms with Gasteiger partial charge in [0, 0.05) is 68.7 Å². The van der Waals surface area contributed by atoms with Gasteiger partial charge in [0.1, 0.15) is 17.2 Å². The molecule has 34 heavy (non-hydrogen) atoms. The van der Waals surface area contributed by atoms with Crippen molar-refractivity contribution >= 4 is 22.6 Å². The van der Waals surface area contributed by atoms with Gasteiger partial charge in [0.05, 0.1) is 49.0 Å². The molecule has 2 N–H and O–H groups in total. The van der Waals surface area contributed by atoms with Gasteiger partial charge >= 0.3 is 0 Å². The lowest BCUT2D eigenvalue weighted by Gasteiger charge is -2.34. The van der Waals surface area contributed by atoms with Crippen LogP contribution < -0.4 is 10.1 Å². The standard InChI is InChI=1S/C25H30N4O5/c1-15(31-3)4-7-33-22-11-20(29-24-17(22)5-8-34-25(24)6-9-32-14-25)19-12-26-21-13-27-23(10-18(19)21)28-16(2)30/h10-13,15,26H,4-9,14H2,1-3H3,(H,27,28,30). The maximum atomic E-state index is 11.5. The fourth-order valence-electron chi connectivity index (χ4n) is 4.63. The van der Waals surface area contributed by atoms with Crippen LogP contribution in [0, 0.1) is 0 Å². The van der Waals surface area contributed by atoms with Gasteiger partial charge in [-0.05, 0) is 13.0 Å². The number of nitrogens with one attached hydrogen (secondary N) is 2. The molecule has 0 aliphatic carbocycles. The quantitative estimate of drug-likeness (QED) is 0.548. The third kappa shape index (κ3) is 4.26. The van der Waals surface area contributed by atoms with E-state index in [4.69, 9.17) is 23.9 Å². The summed E-state index contributed by atoms with van der Waals surface area (Å²) in [5, 5.41) is 3.67. The summed E-state index contributed by atoms with van der Waals surface area (Å²) in [5.41, 5.74) is 3.98. The van der Waals surface area contributed by atoms with Crippen molar-refractivity contribution in [3.63, 3.8) is 0 Å². The molecule has 3 aromatic heterocycles. The second kappa shape index (κ2) is 9.32. The minimum atomic E-state index is -0.545. The number of aromatic nitrogens is 3. The lowest BCUT2D eigenvalue weighted by atomic mass is 9.89. The Kier molecular flexibility index (Phi) is 6.24. The lowest BCUT2D eigenvalue weighted by Crippen LogP contribution is -2.37. The number of hydrogen-bond donors (Lipinski definition) is 2. The molecule has 0 radical (unpaired) electrons. The number of rotatable bonds is 7. The molecule has 1 amide bonds. The number of H-pyrrole nitrogens is 1. The van der Waals surface area contributed by atoms with Gasteiger partial charge in [0.2, 0.25) is 5.91 Å². The minimum absolute atomic E-state index is 0.114. The number of carbonyl (C=O) groups is 1. The van der Waals surface area contributed by atoms with E-state index in [9.17, 15) is 4.79 Å². The molecule has 1 spiro atoms. The van der Waals surface area contributed by atoms with E-state index in [2.05, 4.69) is 15.3 Å². The number of fused-ring (bicyclic) bond motifs is 3. The van der Waals surface area contributed by atoms with Crippen LogP contribution in [0.4, 0.5) is 5.82 Å². The summed E-state index contributed by atoms with van der Waals surface area (Å²) in [7, 11) is 1.71. The molecule has 1 fully saturated rings. The molecule has 2 aliphatic rings. The number of hydrogen-bond acceptors (Lipinski definition) is 7. The first-order valence-corrected chi connectivity index (χ1v) is 11.7. The third-order valence-electron chi connectivity index (χ3n) is 6.56. The molecule has 1 saturated heterocycles. The van der Waals surface area contributed by atoms with Crippen molar-refractivity contribution in [2.75, 3.05) is 38.9 Å². The van der Waals surface area contributed by atoms with E-state index < -0.39 is 5.60 Å². The largest absolute Gasteiger partial charge is 0.493 e. The molecule has 0 aromatic carbocycles. The molecule has 0 bridgehead atoms. The smallest absolute Gasteiger partial charge is 0.222 e. The highest BCUT2D eigenvalue weighted by Crippen LogP contribution is 2.43. The predicted molar refractivity (Wildman–Crippen MR) is 127 cm³/mol. The second-order valence-corrected chi connectivity index (χ2v) is 8.91. The monoisotopic (exact) mass is 466 g/mol. The molecule has 3 aromatic rings. The van der Waals surface area contributed by atoms with Crippen LogP contribution in [-0.2, 0) is 31.0 Å². The molecule has 180 valence electrons. The maximum absolute atomic E-state index is 11.5. The summed E-state index contributed by atoms with van der Waals surface area (Å²) < 4.78 is 23.7. The van der Waals surface area contributed by atoms with E-state index in [1.807, 2.05) is 25.3 Å². The van der Waals surface area contributed by atoms with Gasteiger partial charge in [-0.25, -0.2) is 9.97 Å². The van der Waals surface area contributed by atoms with E-state index in [0.717, 1.165) is 58.4 Å². The first-order valence-electron chi connectivity index (χ1n) is 11.7. The highest BCUT2D eigenvalue weighted by Gasteiger charge is 2.44. The van der Waals surface area contributed by atoms with Crippen molar-refractivity contribution in [2.45, 2.75) is 44.8 Å². The summed E-state index contributed by atoms with van der Waals surface area (Å²) in [5.74, 6) is 1.15.